The number of hydrogen-bond acceptors (Lipinski definition) is 3. The predicted molar refractivity (Wildman–Crippen MR) is 83.4 cm³/mol. The largest absolute Gasteiger partial charge is 0.496 e. The lowest BCUT2D eigenvalue weighted by Crippen LogP contribution is -2.14. The van der Waals surface area contributed by atoms with Gasteiger partial charge in [-0.15, -0.1) is 12.4 Å². The lowest BCUT2D eigenvalue weighted by Gasteiger charge is -2.08. The van der Waals surface area contributed by atoms with Gasteiger partial charge in [0.25, 0.3) is 0 Å². The molecular weight excluding hydrogens is 274 g/mol. The lowest BCUT2D eigenvalue weighted by atomic mass is 10.2. The molecule has 2 rings (SSSR count). The molecule has 0 atom stereocenters. The molecule has 20 heavy (non-hydrogen) atoms. The Morgan fingerprint density at radius 2 is 1.95 bits per heavy atom. The third-order valence-electron chi connectivity index (χ3n) is 3.01. The maximum absolute atomic E-state index is 5.32. The van der Waals surface area contributed by atoms with Gasteiger partial charge in [-0.3, -0.25) is 4.68 Å². The molecule has 0 aliphatic rings. The molecule has 1 heterocycles. The summed E-state index contributed by atoms with van der Waals surface area (Å²) in [5.41, 5.74) is 2.22. The van der Waals surface area contributed by atoms with Crippen molar-refractivity contribution in [1.29, 1.82) is 0 Å². The highest BCUT2D eigenvalue weighted by Gasteiger charge is 2.03. The zero-order valence-corrected chi connectivity index (χ0v) is 13.0. The number of rotatable bonds is 6. The minimum absolute atomic E-state index is 0. The van der Waals surface area contributed by atoms with Gasteiger partial charge in [0, 0.05) is 30.9 Å². The Morgan fingerprint density at radius 1 is 1.20 bits per heavy atom. The van der Waals surface area contributed by atoms with Gasteiger partial charge in [0.05, 0.1) is 12.8 Å². The van der Waals surface area contributed by atoms with Crippen LogP contribution in [0.4, 0.5) is 0 Å². The van der Waals surface area contributed by atoms with Crippen molar-refractivity contribution >= 4 is 12.4 Å². The van der Waals surface area contributed by atoms with Crippen LogP contribution in [0.3, 0.4) is 0 Å². The fraction of sp³-hybridized carbons (Fsp3) is 0.400. The Labute approximate surface area is 126 Å². The van der Waals surface area contributed by atoms with E-state index in [1.54, 1.807) is 7.11 Å². The molecule has 1 aromatic heterocycles. The second-order valence-electron chi connectivity index (χ2n) is 4.80. The van der Waals surface area contributed by atoms with Crippen molar-refractivity contribution in [2.75, 3.05) is 7.11 Å². The number of para-hydroxylation sites is 1. The summed E-state index contributed by atoms with van der Waals surface area (Å²) >= 11 is 0. The Morgan fingerprint density at radius 3 is 2.60 bits per heavy atom. The second kappa shape index (κ2) is 7.92. The molecule has 0 saturated carbocycles. The smallest absolute Gasteiger partial charge is 0.123 e. The van der Waals surface area contributed by atoms with Gasteiger partial charge in [0.15, 0.2) is 0 Å². The van der Waals surface area contributed by atoms with E-state index in [-0.39, 0.29) is 12.4 Å². The lowest BCUT2D eigenvalue weighted by molar-refractivity contribution is 0.407. The van der Waals surface area contributed by atoms with Crippen molar-refractivity contribution in [3.63, 3.8) is 0 Å². The number of nitrogens with one attached hydrogen (secondary N) is 1. The van der Waals surface area contributed by atoms with Gasteiger partial charge in [0.1, 0.15) is 5.75 Å². The highest BCUT2D eigenvalue weighted by atomic mass is 35.5. The molecule has 0 saturated heterocycles. The number of methoxy groups -OCH3 is 1. The summed E-state index contributed by atoms with van der Waals surface area (Å²) in [5, 5.41) is 7.90. The van der Waals surface area contributed by atoms with Crippen LogP contribution in [0.1, 0.15) is 31.1 Å². The fourth-order valence-corrected chi connectivity index (χ4v) is 1.93. The zero-order valence-electron chi connectivity index (χ0n) is 12.2. The summed E-state index contributed by atoms with van der Waals surface area (Å²) in [6.45, 7) is 5.79. The Balaban J connectivity index is 0.00000200. The maximum Gasteiger partial charge on any atom is 0.123 e. The summed E-state index contributed by atoms with van der Waals surface area (Å²) in [6, 6.07) is 10.5. The first-order valence-electron chi connectivity index (χ1n) is 6.57. The maximum atomic E-state index is 5.32. The molecule has 0 bridgehead atoms. The van der Waals surface area contributed by atoms with Crippen LogP contribution >= 0.6 is 12.4 Å². The molecule has 5 heteroatoms. The fourth-order valence-electron chi connectivity index (χ4n) is 1.93. The highest BCUT2D eigenvalue weighted by molar-refractivity contribution is 5.85. The first-order valence-corrected chi connectivity index (χ1v) is 6.57. The standard InChI is InChI=1S/C15H21N3O.ClH/c1-12(2)18-9-8-14(17-18)11-16-10-13-6-4-5-7-15(13)19-3;/h4-9,12,16H,10-11H2,1-3H3;1H. The van der Waals surface area contributed by atoms with E-state index >= 15 is 0 Å². The van der Waals surface area contributed by atoms with E-state index in [0.717, 1.165) is 30.1 Å². The Kier molecular flexibility index (Phi) is 6.55. The van der Waals surface area contributed by atoms with Gasteiger partial charge >= 0.3 is 0 Å². The molecule has 110 valence electrons. The monoisotopic (exact) mass is 295 g/mol. The molecule has 4 nitrogen and oxygen atoms in total. The van der Waals surface area contributed by atoms with Crippen LogP contribution in [0, 0.1) is 0 Å². The molecule has 1 N–H and O–H groups in total. The number of hydrogen-bond donors (Lipinski definition) is 1. The zero-order chi connectivity index (χ0) is 13.7. The van der Waals surface area contributed by atoms with E-state index in [4.69, 9.17) is 4.74 Å². The van der Waals surface area contributed by atoms with Crippen LogP contribution in [-0.4, -0.2) is 16.9 Å². The molecular formula is C15H22ClN3O. The molecule has 0 fully saturated rings. The van der Waals surface area contributed by atoms with Crippen LogP contribution in [0.2, 0.25) is 0 Å². The van der Waals surface area contributed by atoms with E-state index in [1.807, 2.05) is 29.1 Å². The van der Waals surface area contributed by atoms with E-state index in [1.165, 1.54) is 0 Å². The van der Waals surface area contributed by atoms with Gasteiger partial charge in [0.2, 0.25) is 0 Å². The molecule has 0 aliphatic heterocycles. The summed E-state index contributed by atoms with van der Waals surface area (Å²) in [5.74, 6) is 0.919. The van der Waals surface area contributed by atoms with Crippen molar-refractivity contribution in [2.45, 2.75) is 33.0 Å². The summed E-state index contributed by atoms with van der Waals surface area (Å²) in [6.07, 6.45) is 2.02. The number of aromatic nitrogens is 2. The van der Waals surface area contributed by atoms with Crippen molar-refractivity contribution < 1.29 is 4.74 Å². The number of halogens is 1. The third-order valence-corrected chi connectivity index (χ3v) is 3.01. The normalized spacial score (nSPS) is 10.4. The minimum atomic E-state index is 0. The summed E-state index contributed by atoms with van der Waals surface area (Å²) < 4.78 is 7.30. The average molecular weight is 296 g/mol. The number of benzene rings is 1. The van der Waals surface area contributed by atoms with Crippen molar-refractivity contribution in [3.05, 3.63) is 47.8 Å². The summed E-state index contributed by atoms with van der Waals surface area (Å²) in [4.78, 5) is 0. The van der Waals surface area contributed by atoms with Gasteiger partial charge in [-0.1, -0.05) is 18.2 Å². The minimum Gasteiger partial charge on any atom is -0.496 e. The number of nitrogens with zero attached hydrogens (tertiary/aromatic N) is 2. The number of ether oxygens (including phenoxy) is 1. The second-order valence-corrected chi connectivity index (χ2v) is 4.80. The third kappa shape index (κ3) is 4.25. The molecule has 0 unspecified atom stereocenters. The Hall–Kier alpha value is -1.52. The van der Waals surface area contributed by atoms with Gasteiger partial charge < -0.3 is 10.1 Å². The molecule has 0 amide bonds. The van der Waals surface area contributed by atoms with Crippen LogP contribution in [0.15, 0.2) is 36.5 Å². The first-order chi connectivity index (χ1) is 9.20. The predicted octanol–water partition coefficient (Wildman–Crippen LogP) is 3.18. The molecule has 0 aliphatic carbocycles. The topological polar surface area (TPSA) is 39.1 Å². The van der Waals surface area contributed by atoms with Crippen LogP contribution in [-0.2, 0) is 13.1 Å². The van der Waals surface area contributed by atoms with E-state index in [0.29, 0.717) is 6.04 Å². The van der Waals surface area contributed by atoms with E-state index in [2.05, 4.69) is 36.4 Å². The van der Waals surface area contributed by atoms with Gasteiger partial charge in [-0.05, 0) is 26.0 Å². The van der Waals surface area contributed by atoms with E-state index in [9.17, 15) is 0 Å². The van der Waals surface area contributed by atoms with Gasteiger partial charge in [-0.2, -0.15) is 5.10 Å². The van der Waals surface area contributed by atoms with Crippen molar-refractivity contribution in [3.8, 4) is 5.75 Å². The average Bonchev–Trinajstić information content (AvgIpc) is 2.88. The van der Waals surface area contributed by atoms with Crippen molar-refractivity contribution in [1.82, 2.24) is 15.1 Å². The molecule has 1 aromatic carbocycles. The summed E-state index contributed by atoms with van der Waals surface area (Å²) in [7, 11) is 1.70. The van der Waals surface area contributed by atoms with Crippen LogP contribution in [0.25, 0.3) is 0 Å². The quantitative estimate of drug-likeness (QED) is 0.889. The van der Waals surface area contributed by atoms with Crippen LogP contribution < -0.4 is 10.1 Å². The molecule has 2 aromatic rings. The van der Waals surface area contributed by atoms with E-state index < -0.39 is 0 Å². The van der Waals surface area contributed by atoms with Crippen LogP contribution in [0.5, 0.6) is 5.75 Å². The van der Waals surface area contributed by atoms with Gasteiger partial charge in [-0.25, -0.2) is 0 Å². The first kappa shape index (κ1) is 16.5. The Bertz CT molecular complexity index is 525. The molecule has 0 spiro atoms. The highest BCUT2D eigenvalue weighted by Crippen LogP contribution is 2.16. The SMILES string of the molecule is COc1ccccc1CNCc1ccn(C(C)C)n1.Cl. The van der Waals surface area contributed by atoms with Crippen molar-refractivity contribution in [2.24, 2.45) is 0 Å². The molecule has 0 radical (unpaired) electrons.